The summed E-state index contributed by atoms with van der Waals surface area (Å²) in [6.45, 7) is 8.60. The molecule has 1 aromatic heterocycles. The van der Waals surface area contributed by atoms with Crippen molar-refractivity contribution in [2.75, 3.05) is 5.32 Å². The van der Waals surface area contributed by atoms with E-state index in [2.05, 4.69) is 67.1 Å². The van der Waals surface area contributed by atoms with Gasteiger partial charge in [0.05, 0.1) is 17.1 Å². The smallest absolute Gasteiger partial charge is 0.0828 e. The number of hydrogen-bond acceptors (Lipinski definition) is 2. The quantitative estimate of drug-likeness (QED) is 0.921. The average molecular weight is 269 g/mol. The first-order valence-corrected chi connectivity index (χ1v) is 7.45. The van der Waals surface area contributed by atoms with Crippen molar-refractivity contribution in [3.05, 3.63) is 46.8 Å². The van der Waals surface area contributed by atoms with Gasteiger partial charge < -0.3 is 5.32 Å². The first-order valence-electron chi connectivity index (χ1n) is 7.45. The molecular formula is C17H23N3. The molecule has 20 heavy (non-hydrogen) atoms. The monoisotopic (exact) mass is 269 g/mol. The summed E-state index contributed by atoms with van der Waals surface area (Å²) in [6.07, 6.45) is 2.23. The minimum absolute atomic E-state index is 0.407. The van der Waals surface area contributed by atoms with Crippen LogP contribution in [0.2, 0.25) is 0 Å². The maximum atomic E-state index is 4.66. The predicted octanol–water partition coefficient (Wildman–Crippen LogP) is 3.66. The number of hydrogen-bond donors (Lipinski definition) is 1. The number of aryl methyl sites for hydroxylation is 1. The van der Waals surface area contributed by atoms with Crippen LogP contribution in [0.3, 0.4) is 0 Å². The summed E-state index contributed by atoms with van der Waals surface area (Å²) in [6, 6.07) is 9.66. The molecule has 2 aromatic rings. The van der Waals surface area contributed by atoms with Crippen LogP contribution in [0.25, 0.3) is 0 Å². The lowest BCUT2D eigenvalue weighted by atomic mass is 10.1. The van der Waals surface area contributed by atoms with Crippen LogP contribution in [-0.2, 0) is 12.8 Å². The van der Waals surface area contributed by atoms with Gasteiger partial charge in [0.1, 0.15) is 0 Å². The van der Waals surface area contributed by atoms with E-state index in [1.807, 2.05) is 0 Å². The Morgan fingerprint density at radius 1 is 1.15 bits per heavy atom. The molecule has 0 fully saturated rings. The molecule has 1 N–H and O–H groups in total. The van der Waals surface area contributed by atoms with Crippen LogP contribution in [0, 0.1) is 13.8 Å². The highest BCUT2D eigenvalue weighted by Crippen LogP contribution is 2.28. The van der Waals surface area contributed by atoms with Crippen molar-refractivity contribution >= 4 is 5.69 Å². The van der Waals surface area contributed by atoms with Gasteiger partial charge in [0, 0.05) is 12.1 Å². The van der Waals surface area contributed by atoms with Gasteiger partial charge in [0.15, 0.2) is 0 Å². The molecular weight excluding hydrogens is 246 g/mol. The molecule has 3 heteroatoms. The third-order valence-electron chi connectivity index (χ3n) is 4.21. The fourth-order valence-electron chi connectivity index (χ4n) is 3.24. The topological polar surface area (TPSA) is 29.9 Å². The Bertz CT molecular complexity index is 600. The Morgan fingerprint density at radius 2 is 1.75 bits per heavy atom. The summed E-state index contributed by atoms with van der Waals surface area (Å²) in [5, 5.41) is 8.37. The third kappa shape index (κ3) is 2.21. The number of nitrogens with zero attached hydrogens (tertiary/aromatic N) is 2. The van der Waals surface area contributed by atoms with E-state index in [-0.39, 0.29) is 0 Å². The first-order chi connectivity index (χ1) is 9.56. The van der Waals surface area contributed by atoms with E-state index in [0.717, 1.165) is 18.5 Å². The van der Waals surface area contributed by atoms with Crippen molar-refractivity contribution in [3.8, 4) is 0 Å². The minimum atomic E-state index is 0.407. The summed E-state index contributed by atoms with van der Waals surface area (Å²) in [5.41, 5.74) is 6.53. The molecule has 0 atom stereocenters. The van der Waals surface area contributed by atoms with Crippen LogP contribution >= 0.6 is 0 Å². The second-order valence-electron chi connectivity index (χ2n) is 6.10. The van der Waals surface area contributed by atoms with Gasteiger partial charge in [0.2, 0.25) is 0 Å². The summed E-state index contributed by atoms with van der Waals surface area (Å²) in [5.74, 6) is 0. The minimum Gasteiger partial charge on any atom is -0.379 e. The Kier molecular flexibility index (Phi) is 3.28. The Labute approximate surface area is 121 Å². The lowest BCUT2D eigenvalue weighted by Crippen LogP contribution is -2.20. The van der Waals surface area contributed by atoms with Gasteiger partial charge in [-0.05, 0) is 51.7 Å². The zero-order chi connectivity index (χ0) is 14.3. The molecule has 0 bridgehead atoms. The van der Waals surface area contributed by atoms with Crippen LogP contribution in [0.5, 0.6) is 0 Å². The fraction of sp³-hybridized carbons (Fsp3) is 0.471. The van der Waals surface area contributed by atoms with E-state index < -0.39 is 0 Å². The Hall–Kier alpha value is -1.77. The fourth-order valence-corrected chi connectivity index (χ4v) is 3.24. The van der Waals surface area contributed by atoms with Gasteiger partial charge in [-0.1, -0.05) is 24.3 Å². The van der Waals surface area contributed by atoms with Gasteiger partial charge in [-0.2, -0.15) is 5.10 Å². The molecule has 0 amide bonds. The SMILES string of the molecule is Cc1nn(C(C)C)c(C)c1NC1Cc2ccccc2C1. The van der Waals surface area contributed by atoms with Gasteiger partial charge in [-0.15, -0.1) is 0 Å². The zero-order valence-electron chi connectivity index (χ0n) is 12.8. The molecule has 106 valence electrons. The van der Waals surface area contributed by atoms with E-state index >= 15 is 0 Å². The predicted molar refractivity (Wildman–Crippen MR) is 83.3 cm³/mol. The van der Waals surface area contributed by atoms with E-state index in [9.17, 15) is 0 Å². The second-order valence-corrected chi connectivity index (χ2v) is 6.10. The second kappa shape index (κ2) is 4.97. The highest BCUT2D eigenvalue weighted by atomic mass is 15.3. The van der Waals surface area contributed by atoms with E-state index in [0.29, 0.717) is 12.1 Å². The highest BCUT2D eigenvalue weighted by molar-refractivity contribution is 5.54. The summed E-state index contributed by atoms with van der Waals surface area (Å²) in [4.78, 5) is 0. The molecule has 3 rings (SSSR count). The number of anilines is 1. The maximum absolute atomic E-state index is 4.66. The van der Waals surface area contributed by atoms with Crippen molar-refractivity contribution in [3.63, 3.8) is 0 Å². The molecule has 0 aliphatic heterocycles. The number of fused-ring (bicyclic) bond motifs is 1. The van der Waals surface area contributed by atoms with Crippen molar-refractivity contribution in [2.45, 2.75) is 52.6 Å². The molecule has 0 saturated carbocycles. The van der Waals surface area contributed by atoms with Gasteiger partial charge in [-0.25, -0.2) is 0 Å². The van der Waals surface area contributed by atoms with Crippen LogP contribution < -0.4 is 5.32 Å². The lowest BCUT2D eigenvalue weighted by Gasteiger charge is -2.15. The van der Waals surface area contributed by atoms with Crippen molar-refractivity contribution < 1.29 is 0 Å². The van der Waals surface area contributed by atoms with E-state index in [1.54, 1.807) is 0 Å². The third-order valence-corrected chi connectivity index (χ3v) is 4.21. The molecule has 1 aliphatic rings. The first kappa shape index (κ1) is 13.2. The maximum Gasteiger partial charge on any atom is 0.0828 e. The normalized spacial score (nSPS) is 14.8. The van der Waals surface area contributed by atoms with Crippen molar-refractivity contribution in [2.24, 2.45) is 0 Å². The number of aromatic nitrogens is 2. The van der Waals surface area contributed by atoms with Gasteiger partial charge in [0.25, 0.3) is 0 Å². The molecule has 3 nitrogen and oxygen atoms in total. The number of nitrogens with one attached hydrogen (secondary N) is 1. The largest absolute Gasteiger partial charge is 0.379 e. The molecule has 0 radical (unpaired) electrons. The Balaban J connectivity index is 1.80. The molecule has 0 saturated heterocycles. The van der Waals surface area contributed by atoms with E-state index in [1.165, 1.54) is 22.5 Å². The number of rotatable bonds is 3. The van der Waals surface area contributed by atoms with Crippen LogP contribution in [0.1, 0.15) is 42.4 Å². The molecule has 1 aliphatic carbocycles. The summed E-state index contributed by atoms with van der Waals surface area (Å²) < 4.78 is 2.11. The molecule has 1 aromatic carbocycles. The molecule has 0 spiro atoms. The Morgan fingerprint density at radius 3 is 2.25 bits per heavy atom. The van der Waals surface area contributed by atoms with Crippen LogP contribution in [-0.4, -0.2) is 15.8 Å². The van der Waals surface area contributed by atoms with Gasteiger partial charge in [-0.3, -0.25) is 4.68 Å². The summed E-state index contributed by atoms with van der Waals surface area (Å²) in [7, 11) is 0. The lowest BCUT2D eigenvalue weighted by molar-refractivity contribution is 0.516. The zero-order valence-corrected chi connectivity index (χ0v) is 12.8. The van der Waals surface area contributed by atoms with Crippen LogP contribution in [0.4, 0.5) is 5.69 Å². The molecule has 0 unspecified atom stereocenters. The van der Waals surface area contributed by atoms with Crippen molar-refractivity contribution in [1.82, 2.24) is 9.78 Å². The molecule has 1 heterocycles. The summed E-state index contributed by atoms with van der Waals surface area (Å²) >= 11 is 0. The van der Waals surface area contributed by atoms with E-state index in [4.69, 9.17) is 0 Å². The average Bonchev–Trinajstić information content (AvgIpc) is 2.94. The standard InChI is InChI=1S/C17H23N3/c1-11(2)20-13(4)17(12(3)19-20)18-16-9-14-7-5-6-8-15(14)10-16/h5-8,11,16,18H,9-10H2,1-4H3. The van der Waals surface area contributed by atoms with Gasteiger partial charge >= 0.3 is 0 Å². The van der Waals surface area contributed by atoms with Crippen molar-refractivity contribution in [1.29, 1.82) is 0 Å². The van der Waals surface area contributed by atoms with Crippen LogP contribution in [0.15, 0.2) is 24.3 Å². The highest BCUT2D eigenvalue weighted by Gasteiger charge is 2.23. The number of benzene rings is 1.